The van der Waals surface area contributed by atoms with Crippen LogP contribution in [0.1, 0.15) is 78.4 Å². The summed E-state index contributed by atoms with van der Waals surface area (Å²) < 4.78 is 5.51. The molecule has 1 aromatic heterocycles. The molecule has 1 atom stereocenters. The molecule has 6 nitrogen and oxygen atoms in total. The minimum Gasteiger partial charge on any atom is -0.511 e. The third-order valence-corrected chi connectivity index (χ3v) is 7.53. The Morgan fingerprint density at radius 2 is 1.68 bits per heavy atom. The standard InChI is InChI=1S/C32H34N2O4/c1-32(2)19-28(37)31-24(34-38-29(31)20-32)13-14-26(35)30-25(33-16-15-21-9-5-3-6-10-21)17-23(18-27(30)36)22-11-7-4-8-12-22/h3-12,23,35H,13-20H2,1-2H3. The van der Waals surface area contributed by atoms with Crippen LogP contribution in [0.25, 0.3) is 0 Å². The molecule has 1 N–H and O–H groups in total. The number of hydrogen-bond acceptors (Lipinski definition) is 6. The Balaban J connectivity index is 1.38. The Kier molecular flexibility index (Phi) is 7.41. The summed E-state index contributed by atoms with van der Waals surface area (Å²) in [5.74, 6) is 0.596. The lowest BCUT2D eigenvalue weighted by molar-refractivity contribution is -0.116. The summed E-state index contributed by atoms with van der Waals surface area (Å²) in [5.41, 5.74) is 4.22. The van der Waals surface area contributed by atoms with E-state index in [2.05, 4.69) is 17.3 Å². The van der Waals surface area contributed by atoms with Crippen LogP contribution >= 0.6 is 0 Å². The summed E-state index contributed by atoms with van der Waals surface area (Å²) in [6.45, 7) is 4.62. The van der Waals surface area contributed by atoms with Gasteiger partial charge in [0.25, 0.3) is 0 Å². The summed E-state index contributed by atoms with van der Waals surface area (Å²) in [7, 11) is 0. The van der Waals surface area contributed by atoms with Gasteiger partial charge in [-0.3, -0.25) is 14.6 Å². The van der Waals surface area contributed by atoms with Gasteiger partial charge in [0.15, 0.2) is 11.6 Å². The molecule has 3 aromatic rings. The van der Waals surface area contributed by atoms with Crippen molar-refractivity contribution < 1.29 is 19.2 Å². The molecule has 6 heteroatoms. The van der Waals surface area contributed by atoms with E-state index in [9.17, 15) is 14.7 Å². The number of fused-ring (bicyclic) bond motifs is 1. The van der Waals surface area contributed by atoms with Crippen LogP contribution in [-0.2, 0) is 24.1 Å². The van der Waals surface area contributed by atoms with Crippen molar-refractivity contribution in [2.24, 2.45) is 10.4 Å². The highest BCUT2D eigenvalue weighted by Gasteiger charge is 2.37. The lowest BCUT2D eigenvalue weighted by atomic mass is 9.76. The number of Topliss-reactive ketones (excluding diaryl/α,β-unsaturated/α-hetero) is 2. The largest absolute Gasteiger partial charge is 0.511 e. The maximum atomic E-state index is 13.4. The molecule has 0 spiro atoms. The summed E-state index contributed by atoms with van der Waals surface area (Å²) in [5, 5.41) is 15.3. The van der Waals surface area contributed by atoms with Gasteiger partial charge in [-0.2, -0.15) is 0 Å². The van der Waals surface area contributed by atoms with Crippen LogP contribution in [0.5, 0.6) is 0 Å². The molecule has 196 valence electrons. The Morgan fingerprint density at radius 1 is 0.974 bits per heavy atom. The van der Waals surface area contributed by atoms with E-state index in [4.69, 9.17) is 9.52 Å². The topological polar surface area (TPSA) is 92.8 Å². The molecule has 1 saturated carbocycles. The minimum absolute atomic E-state index is 0.0142. The van der Waals surface area contributed by atoms with E-state index in [1.807, 2.05) is 62.4 Å². The predicted octanol–water partition coefficient (Wildman–Crippen LogP) is 6.40. The van der Waals surface area contributed by atoms with Crippen molar-refractivity contribution in [2.45, 2.75) is 64.7 Å². The van der Waals surface area contributed by atoms with E-state index in [0.717, 1.165) is 12.0 Å². The van der Waals surface area contributed by atoms with Gasteiger partial charge in [-0.25, -0.2) is 0 Å². The zero-order valence-electron chi connectivity index (χ0n) is 22.1. The van der Waals surface area contributed by atoms with E-state index >= 15 is 0 Å². The van der Waals surface area contributed by atoms with Crippen LogP contribution < -0.4 is 0 Å². The second-order valence-electron chi connectivity index (χ2n) is 11.2. The first kappa shape index (κ1) is 25.8. The summed E-state index contributed by atoms with van der Waals surface area (Å²) in [4.78, 5) is 31.0. The highest BCUT2D eigenvalue weighted by Crippen LogP contribution is 2.37. The fraction of sp³-hybridized carbons (Fsp3) is 0.375. The Bertz CT molecular complexity index is 1380. The summed E-state index contributed by atoms with van der Waals surface area (Å²) in [6, 6.07) is 20.1. The van der Waals surface area contributed by atoms with E-state index in [-0.39, 0.29) is 35.1 Å². The number of carbonyl (C=O) groups excluding carboxylic acids is 2. The normalized spacial score (nSPS) is 21.4. The monoisotopic (exact) mass is 510 g/mol. The number of aliphatic hydroxyl groups excluding tert-OH is 1. The molecule has 2 aromatic carbocycles. The fourth-order valence-electron chi connectivity index (χ4n) is 5.64. The van der Waals surface area contributed by atoms with Gasteiger partial charge in [-0.05, 0) is 35.3 Å². The third-order valence-electron chi connectivity index (χ3n) is 7.53. The highest BCUT2D eigenvalue weighted by molar-refractivity contribution is 6.24. The molecule has 38 heavy (non-hydrogen) atoms. The molecule has 0 saturated heterocycles. The van der Waals surface area contributed by atoms with E-state index in [0.29, 0.717) is 67.0 Å². The molecule has 1 fully saturated rings. The fourth-order valence-corrected chi connectivity index (χ4v) is 5.64. The number of benzene rings is 2. The van der Waals surface area contributed by atoms with Gasteiger partial charge in [0, 0.05) is 44.4 Å². The van der Waals surface area contributed by atoms with Crippen LogP contribution in [-0.4, -0.2) is 34.1 Å². The van der Waals surface area contributed by atoms with Crippen molar-refractivity contribution in [3.63, 3.8) is 0 Å². The zero-order chi connectivity index (χ0) is 26.7. The number of nitrogens with zero attached hydrogens (tertiary/aromatic N) is 2. The number of carbonyl (C=O) groups is 2. The predicted molar refractivity (Wildman–Crippen MR) is 147 cm³/mol. The lowest BCUT2D eigenvalue weighted by Gasteiger charge is -2.27. The molecule has 2 aliphatic carbocycles. The number of rotatable bonds is 7. The van der Waals surface area contributed by atoms with E-state index in [1.165, 1.54) is 5.56 Å². The molecule has 2 aliphatic rings. The Hall–Kier alpha value is -3.80. The van der Waals surface area contributed by atoms with Gasteiger partial charge in [0.1, 0.15) is 11.5 Å². The van der Waals surface area contributed by atoms with Crippen molar-refractivity contribution >= 4 is 17.3 Å². The first-order valence-electron chi connectivity index (χ1n) is 13.4. The average molecular weight is 511 g/mol. The van der Waals surface area contributed by atoms with Gasteiger partial charge in [-0.15, -0.1) is 0 Å². The van der Waals surface area contributed by atoms with Gasteiger partial charge >= 0.3 is 0 Å². The van der Waals surface area contributed by atoms with Gasteiger partial charge < -0.3 is 9.63 Å². The molecule has 5 rings (SSSR count). The first-order valence-corrected chi connectivity index (χ1v) is 13.4. The molecule has 0 radical (unpaired) electrons. The van der Waals surface area contributed by atoms with Crippen molar-refractivity contribution in [3.05, 3.63) is 100 Å². The molecule has 0 bridgehead atoms. The maximum absolute atomic E-state index is 13.4. The van der Waals surface area contributed by atoms with Crippen LogP contribution in [0.4, 0.5) is 0 Å². The molecular formula is C32H34N2O4. The van der Waals surface area contributed by atoms with Gasteiger partial charge in [-0.1, -0.05) is 79.7 Å². The minimum atomic E-state index is -0.153. The van der Waals surface area contributed by atoms with E-state index in [1.54, 1.807) is 0 Å². The SMILES string of the molecule is CC1(C)CC(=O)c2c(CCC(O)=C3C(=O)CC(c4ccccc4)CC3=NCCc3ccccc3)noc2C1. The van der Waals surface area contributed by atoms with E-state index < -0.39 is 0 Å². The van der Waals surface area contributed by atoms with Gasteiger partial charge in [0.05, 0.1) is 16.8 Å². The average Bonchev–Trinajstić information content (AvgIpc) is 3.30. The number of aryl methyl sites for hydroxylation is 1. The molecule has 0 amide bonds. The molecule has 1 heterocycles. The van der Waals surface area contributed by atoms with Crippen LogP contribution in [0, 0.1) is 5.41 Å². The number of aliphatic hydroxyl groups is 1. The second kappa shape index (κ2) is 10.9. The lowest BCUT2D eigenvalue weighted by Crippen LogP contribution is -2.27. The smallest absolute Gasteiger partial charge is 0.168 e. The van der Waals surface area contributed by atoms with Crippen molar-refractivity contribution in [3.8, 4) is 0 Å². The molecule has 0 aliphatic heterocycles. The van der Waals surface area contributed by atoms with Crippen molar-refractivity contribution in [1.82, 2.24) is 5.16 Å². The number of aliphatic imine (C=N–C) groups is 1. The first-order chi connectivity index (χ1) is 18.3. The van der Waals surface area contributed by atoms with Gasteiger partial charge in [0.2, 0.25) is 0 Å². The third kappa shape index (κ3) is 5.69. The van der Waals surface area contributed by atoms with Crippen molar-refractivity contribution in [2.75, 3.05) is 6.54 Å². The Morgan fingerprint density at radius 3 is 2.42 bits per heavy atom. The number of allylic oxidation sites excluding steroid dienone is 2. The second-order valence-corrected chi connectivity index (χ2v) is 11.2. The van der Waals surface area contributed by atoms with Crippen LogP contribution in [0.15, 0.2) is 81.5 Å². The van der Waals surface area contributed by atoms with Crippen molar-refractivity contribution in [1.29, 1.82) is 0 Å². The van der Waals surface area contributed by atoms with Crippen LogP contribution in [0.3, 0.4) is 0 Å². The quantitative estimate of drug-likeness (QED) is 0.293. The molecular weight excluding hydrogens is 476 g/mol. The molecule has 1 unspecified atom stereocenters. The Labute approximate surface area is 223 Å². The van der Waals surface area contributed by atoms with Crippen LogP contribution in [0.2, 0.25) is 0 Å². The maximum Gasteiger partial charge on any atom is 0.168 e. The summed E-state index contributed by atoms with van der Waals surface area (Å²) in [6.07, 6.45) is 3.30. The summed E-state index contributed by atoms with van der Waals surface area (Å²) >= 11 is 0. The highest BCUT2D eigenvalue weighted by atomic mass is 16.5. The number of hydrogen-bond donors (Lipinski definition) is 1. The number of aromatic nitrogens is 1. The number of ketones is 2. The zero-order valence-corrected chi connectivity index (χ0v) is 22.1.